The average molecular weight is 345 g/mol. The van der Waals surface area contributed by atoms with E-state index in [2.05, 4.69) is 0 Å². The van der Waals surface area contributed by atoms with Gasteiger partial charge in [-0.2, -0.15) is 0 Å². The first-order valence-corrected chi connectivity index (χ1v) is 8.34. The Labute approximate surface area is 147 Å². The molecule has 1 aromatic carbocycles. The van der Waals surface area contributed by atoms with E-state index in [-0.39, 0.29) is 29.1 Å². The zero-order chi connectivity index (χ0) is 18.4. The topological polar surface area (TPSA) is 89.7 Å². The van der Waals surface area contributed by atoms with E-state index in [1.165, 1.54) is 7.11 Å². The molecule has 0 saturated heterocycles. The minimum atomic E-state index is -1.30. The van der Waals surface area contributed by atoms with Gasteiger partial charge in [0.1, 0.15) is 5.76 Å². The number of hydrogen-bond donors (Lipinski definition) is 1. The van der Waals surface area contributed by atoms with Crippen molar-refractivity contribution in [3.63, 3.8) is 0 Å². The number of carbonyl (C=O) groups is 1. The van der Waals surface area contributed by atoms with Crippen LogP contribution in [0.15, 0.2) is 47.2 Å². The number of carbonyl (C=O) groups excluding carboxylic acids is 1. The van der Waals surface area contributed by atoms with Gasteiger partial charge in [0.15, 0.2) is 0 Å². The number of esters is 1. The summed E-state index contributed by atoms with van der Waals surface area (Å²) in [5.74, 6) is -0.927. The molecule has 2 rings (SSSR count). The lowest BCUT2D eigenvalue weighted by Gasteiger charge is -2.31. The number of rotatable bonds is 6. The van der Waals surface area contributed by atoms with Gasteiger partial charge in [0.2, 0.25) is 5.54 Å². The highest BCUT2D eigenvalue weighted by Crippen LogP contribution is 2.41. The molecule has 0 radical (unpaired) electrons. The van der Waals surface area contributed by atoms with Crippen molar-refractivity contribution in [3.05, 3.63) is 62.9 Å². The Bertz CT molecular complexity index is 708. The molecule has 6 heteroatoms. The van der Waals surface area contributed by atoms with Crippen LogP contribution in [0, 0.1) is 10.1 Å². The summed E-state index contributed by atoms with van der Waals surface area (Å²) in [6, 6.07) is 9.23. The first-order valence-electron chi connectivity index (χ1n) is 8.34. The van der Waals surface area contributed by atoms with Gasteiger partial charge in [-0.15, -0.1) is 0 Å². The number of allylic oxidation sites excluding steroid dienone is 1. The highest BCUT2D eigenvalue weighted by molar-refractivity contribution is 5.91. The number of ether oxygens (including phenoxy) is 1. The van der Waals surface area contributed by atoms with Gasteiger partial charge in [-0.05, 0) is 18.1 Å². The molecule has 0 saturated carbocycles. The molecule has 1 aliphatic rings. The lowest BCUT2D eigenvalue weighted by molar-refractivity contribution is -0.571. The molecule has 0 spiro atoms. The second-order valence-electron chi connectivity index (χ2n) is 6.34. The molecule has 134 valence electrons. The minimum absolute atomic E-state index is 0.0243. The second-order valence-corrected chi connectivity index (χ2v) is 6.34. The number of methoxy groups -OCH3 is 1. The van der Waals surface area contributed by atoms with Crippen molar-refractivity contribution in [3.8, 4) is 0 Å². The molecule has 0 fully saturated rings. The molecule has 1 N–H and O–H groups in total. The van der Waals surface area contributed by atoms with Crippen molar-refractivity contribution in [1.29, 1.82) is 0 Å². The standard InChI is InChI=1S/C19H23NO5/c1-3-4-10-19(20(23)24)12-15(11-14-8-6-5-7-9-14)17(21)16(13-19)18(22)25-2/h5-9,11,21H,3-4,10,12-13H2,1-2H3/b15-11-. The van der Waals surface area contributed by atoms with Gasteiger partial charge in [-0.1, -0.05) is 43.7 Å². The number of aliphatic hydroxyl groups excluding tert-OH is 1. The Hall–Kier alpha value is -2.63. The Morgan fingerprint density at radius 1 is 1.36 bits per heavy atom. The first-order chi connectivity index (χ1) is 11.9. The molecule has 1 aromatic rings. The average Bonchev–Trinajstić information content (AvgIpc) is 2.62. The summed E-state index contributed by atoms with van der Waals surface area (Å²) >= 11 is 0. The molecule has 25 heavy (non-hydrogen) atoms. The van der Waals surface area contributed by atoms with Crippen molar-refractivity contribution >= 4 is 12.0 Å². The zero-order valence-electron chi connectivity index (χ0n) is 14.5. The lowest BCUT2D eigenvalue weighted by Crippen LogP contribution is -2.43. The molecule has 6 nitrogen and oxygen atoms in total. The molecule has 0 amide bonds. The summed E-state index contributed by atoms with van der Waals surface area (Å²) in [4.78, 5) is 23.6. The van der Waals surface area contributed by atoms with E-state index in [1.54, 1.807) is 6.08 Å². The zero-order valence-corrected chi connectivity index (χ0v) is 14.5. The molecular weight excluding hydrogens is 322 g/mol. The maximum atomic E-state index is 12.1. The molecule has 1 aliphatic carbocycles. The van der Waals surface area contributed by atoms with Crippen LogP contribution in [0.5, 0.6) is 0 Å². The molecule has 0 heterocycles. The summed E-state index contributed by atoms with van der Waals surface area (Å²) in [7, 11) is 1.21. The summed E-state index contributed by atoms with van der Waals surface area (Å²) < 4.78 is 4.73. The molecule has 0 aromatic heterocycles. The van der Waals surface area contributed by atoms with Gasteiger partial charge in [-0.25, -0.2) is 4.79 Å². The van der Waals surface area contributed by atoms with Gasteiger partial charge in [0, 0.05) is 23.3 Å². The first kappa shape index (κ1) is 18.7. The summed E-state index contributed by atoms with van der Waals surface area (Å²) in [5, 5.41) is 22.4. The highest BCUT2D eigenvalue weighted by Gasteiger charge is 2.49. The van der Waals surface area contributed by atoms with E-state index in [4.69, 9.17) is 4.74 Å². The molecule has 1 unspecified atom stereocenters. The molecule has 0 bridgehead atoms. The number of nitrogens with zero attached hydrogens (tertiary/aromatic N) is 1. The van der Waals surface area contributed by atoms with Gasteiger partial charge in [0.25, 0.3) is 0 Å². The van der Waals surface area contributed by atoms with Crippen molar-refractivity contribution in [2.45, 2.75) is 44.6 Å². The molecular formula is C19H23NO5. The fourth-order valence-electron chi connectivity index (χ4n) is 3.17. The van der Waals surface area contributed by atoms with E-state index < -0.39 is 11.5 Å². The van der Waals surface area contributed by atoms with E-state index in [0.29, 0.717) is 18.4 Å². The Morgan fingerprint density at radius 2 is 2.04 bits per heavy atom. The highest BCUT2D eigenvalue weighted by atomic mass is 16.6. The number of benzene rings is 1. The maximum Gasteiger partial charge on any atom is 0.337 e. The van der Waals surface area contributed by atoms with Gasteiger partial charge in [0.05, 0.1) is 19.1 Å². The van der Waals surface area contributed by atoms with Crippen LogP contribution in [0.2, 0.25) is 0 Å². The van der Waals surface area contributed by atoms with Crippen LogP contribution < -0.4 is 0 Å². The number of hydrogen-bond acceptors (Lipinski definition) is 5. The van der Waals surface area contributed by atoms with Crippen molar-refractivity contribution in [2.24, 2.45) is 0 Å². The number of unbranched alkanes of at least 4 members (excludes halogenated alkanes) is 1. The van der Waals surface area contributed by atoms with Crippen LogP contribution in [0.25, 0.3) is 6.08 Å². The fourth-order valence-corrected chi connectivity index (χ4v) is 3.17. The Balaban J connectivity index is 2.54. The SMILES string of the molecule is CCCCC1([N+](=O)[O-])CC(C(=O)OC)=C(O)/C(=C\c2ccccc2)C1. The van der Waals surface area contributed by atoms with Gasteiger partial charge >= 0.3 is 5.97 Å². The largest absolute Gasteiger partial charge is 0.507 e. The third-order valence-electron chi connectivity index (χ3n) is 4.57. The normalized spacial score (nSPS) is 22.1. The minimum Gasteiger partial charge on any atom is -0.507 e. The quantitative estimate of drug-likeness (QED) is 0.477. The van der Waals surface area contributed by atoms with Crippen LogP contribution >= 0.6 is 0 Å². The summed E-state index contributed by atoms with van der Waals surface area (Å²) in [5.41, 5.74) is -0.121. The van der Waals surface area contributed by atoms with Crippen LogP contribution in [0.4, 0.5) is 0 Å². The van der Waals surface area contributed by atoms with E-state index in [1.807, 2.05) is 37.3 Å². The van der Waals surface area contributed by atoms with E-state index >= 15 is 0 Å². The second kappa shape index (κ2) is 7.96. The third-order valence-corrected chi connectivity index (χ3v) is 4.57. The van der Waals surface area contributed by atoms with Gasteiger partial charge < -0.3 is 9.84 Å². The number of nitro groups is 1. The lowest BCUT2D eigenvalue weighted by atomic mass is 9.75. The smallest absolute Gasteiger partial charge is 0.337 e. The van der Waals surface area contributed by atoms with Gasteiger partial charge in [-0.3, -0.25) is 10.1 Å². The van der Waals surface area contributed by atoms with Crippen LogP contribution in [0.3, 0.4) is 0 Å². The van der Waals surface area contributed by atoms with Crippen molar-refractivity contribution in [2.75, 3.05) is 7.11 Å². The summed E-state index contributed by atoms with van der Waals surface area (Å²) in [6.07, 6.45) is 3.50. The molecule has 1 atom stereocenters. The van der Waals surface area contributed by atoms with Crippen molar-refractivity contribution in [1.82, 2.24) is 0 Å². The predicted octanol–water partition coefficient (Wildman–Crippen LogP) is 4.05. The monoisotopic (exact) mass is 345 g/mol. The summed E-state index contributed by atoms with van der Waals surface area (Å²) in [6.45, 7) is 1.96. The van der Waals surface area contributed by atoms with E-state index in [9.17, 15) is 20.0 Å². The Kier molecular flexibility index (Phi) is 5.96. The fraction of sp³-hybridized carbons (Fsp3) is 0.421. The van der Waals surface area contributed by atoms with E-state index in [0.717, 1.165) is 12.0 Å². The van der Waals surface area contributed by atoms with Crippen LogP contribution in [0.1, 0.15) is 44.6 Å². The van der Waals surface area contributed by atoms with Crippen LogP contribution in [-0.4, -0.2) is 28.6 Å². The van der Waals surface area contributed by atoms with Crippen molar-refractivity contribution < 1.29 is 19.6 Å². The number of aliphatic hydroxyl groups is 1. The van der Waals surface area contributed by atoms with Crippen LogP contribution in [-0.2, 0) is 9.53 Å². The molecule has 0 aliphatic heterocycles. The maximum absolute atomic E-state index is 12.1. The third kappa shape index (κ3) is 4.07. The Morgan fingerprint density at radius 3 is 2.60 bits per heavy atom. The predicted molar refractivity (Wildman–Crippen MR) is 94.6 cm³/mol.